The number of nitrogens with zero attached hydrogens (tertiary/aromatic N) is 2. The molecule has 1 aromatic rings. The highest BCUT2D eigenvalue weighted by Gasteiger charge is 2.14. The molecule has 0 spiro atoms. The SMILES string of the molecule is COCCCCC(=NOCCN)c1ccc([N+](=O)[O-])c(Cl)c1. The van der Waals surface area contributed by atoms with Crippen LogP contribution in [0.4, 0.5) is 5.69 Å². The summed E-state index contributed by atoms with van der Waals surface area (Å²) in [5.41, 5.74) is 6.61. The number of hydrogen-bond donors (Lipinski definition) is 1. The van der Waals surface area contributed by atoms with Gasteiger partial charge in [-0.3, -0.25) is 10.1 Å². The normalized spacial score (nSPS) is 11.5. The van der Waals surface area contributed by atoms with Crippen LogP contribution in [0.5, 0.6) is 0 Å². The van der Waals surface area contributed by atoms with Gasteiger partial charge < -0.3 is 15.3 Å². The predicted octanol–water partition coefficient (Wildman–Crippen LogP) is 2.74. The first-order valence-corrected chi connectivity index (χ1v) is 7.30. The van der Waals surface area contributed by atoms with Gasteiger partial charge in [-0.1, -0.05) is 16.8 Å². The molecule has 7 nitrogen and oxygen atoms in total. The molecule has 0 saturated heterocycles. The molecule has 0 aromatic heterocycles. The lowest BCUT2D eigenvalue weighted by molar-refractivity contribution is -0.384. The van der Waals surface area contributed by atoms with Gasteiger partial charge in [0.05, 0.1) is 10.6 Å². The number of ether oxygens (including phenoxy) is 1. The molecule has 0 heterocycles. The highest BCUT2D eigenvalue weighted by Crippen LogP contribution is 2.26. The number of rotatable bonds is 10. The Bertz CT molecular complexity index is 523. The van der Waals surface area contributed by atoms with Crippen LogP contribution in [0, 0.1) is 10.1 Å². The molecule has 0 radical (unpaired) electrons. The molecule has 0 bridgehead atoms. The summed E-state index contributed by atoms with van der Waals surface area (Å²) in [6.45, 7) is 1.34. The number of nitro benzene ring substituents is 1. The summed E-state index contributed by atoms with van der Waals surface area (Å²) in [5, 5.41) is 14.9. The van der Waals surface area contributed by atoms with Gasteiger partial charge in [-0.15, -0.1) is 0 Å². The van der Waals surface area contributed by atoms with Crippen LogP contribution < -0.4 is 5.73 Å². The molecule has 22 heavy (non-hydrogen) atoms. The van der Waals surface area contributed by atoms with Crippen LogP contribution in [0.15, 0.2) is 23.4 Å². The van der Waals surface area contributed by atoms with Crippen LogP contribution in [0.1, 0.15) is 24.8 Å². The zero-order chi connectivity index (χ0) is 16.4. The van der Waals surface area contributed by atoms with Gasteiger partial charge in [-0.25, -0.2) is 0 Å². The summed E-state index contributed by atoms with van der Waals surface area (Å²) < 4.78 is 5.01. The summed E-state index contributed by atoms with van der Waals surface area (Å²) in [7, 11) is 1.65. The van der Waals surface area contributed by atoms with Gasteiger partial charge in [0.1, 0.15) is 11.6 Å². The van der Waals surface area contributed by atoms with Gasteiger partial charge in [-0.05, 0) is 31.4 Å². The maximum atomic E-state index is 10.8. The average Bonchev–Trinajstić information content (AvgIpc) is 2.49. The van der Waals surface area contributed by atoms with Crippen LogP contribution in [0.3, 0.4) is 0 Å². The van der Waals surface area contributed by atoms with E-state index in [0.717, 1.165) is 12.8 Å². The molecule has 0 fully saturated rings. The van der Waals surface area contributed by atoms with Gasteiger partial charge in [-0.2, -0.15) is 0 Å². The number of benzene rings is 1. The largest absolute Gasteiger partial charge is 0.394 e. The summed E-state index contributed by atoms with van der Waals surface area (Å²) >= 11 is 5.94. The van der Waals surface area contributed by atoms with E-state index in [9.17, 15) is 10.1 Å². The minimum Gasteiger partial charge on any atom is -0.394 e. The Morgan fingerprint density at radius 3 is 2.77 bits per heavy atom. The molecule has 0 aliphatic carbocycles. The number of methoxy groups -OCH3 is 1. The monoisotopic (exact) mass is 329 g/mol. The first-order chi connectivity index (χ1) is 10.6. The van der Waals surface area contributed by atoms with E-state index in [2.05, 4.69) is 5.16 Å². The Kier molecular flexibility index (Phi) is 8.42. The number of oxime groups is 1. The molecule has 122 valence electrons. The average molecular weight is 330 g/mol. The quantitative estimate of drug-likeness (QED) is 0.308. The molecule has 0 atom stereocenters. The minimum absolute atomic E-state index is 0.0749. The summed E-state index contributed by atoms with van der Waals surface area (Å²) in [4.78, 5) is 15.4. The highest BCUT2D eigenvalue weighted by atomic mass is 35.5. The van der Waals surface area contributed by atoms with Crippen molar-refractivity contribution in [1.82, 2.24) is 0 Å². The molecule has 2 N–H and O–H groups in total. The zero-order valence-corrected chi connectivity index (χ0v) is 13.2. The Morgan fingerprint density at radius 1 is 1.41 bits per heavy atom. The van der Waals surface area contributed by atoms with E-state index in [1.807, 2.05) is 0 Å². The van der Waals surface area contributed by atoms with Gasteiger partial charge in [0.25, 0.3) is 5.69 Å². The van der Waals surface area contributed by atoms with Crippen LogP contribution in [0.25, 0.3) is 0 Å². The zero-order valence-electron chi connectivity index (χ0n) is 12.5. The molecular formula is C14H20ClN3O4. The van der Waals surface area contributed by atoms with E-state index < -0.39 is 4.92 Å². The van der Waals surface area contributed by atoms with E-state index in [0.29, 0.717) is 37.5 Å². The molecule has 0 aliphatic rings. The first kappa shape index (κ1) is 18.3. The Balaban J connectivity index is 2.87. The number of nitro groups is 1. The van der Waals surface area contributed by atoms with E-state index in [1.54, 1.807) is 13.2 Å². The van der Waals surface area contributed by atoms with E-state index in [1.165, 1.54) is 12.1 Å². The molecule has 0 saturated carbocycles. The van der Waals surface area contributed by atoms with Crippen LogP contribution in [-0.2, 0) is 9.57 Å². The van der Waals surface area contributed by atoms with Gasteiger partial charge in [0.2, 0.25) is 0 Å². The highest BCUT2D eigenvalue weighted by molar-refractivity contribution is 6.33. The molecular weight excluding hydrogens is 310 g/mol. The summed E-state index contributed by atoms with van der Waals surface area (Å²) in [6, 6.07) is 4.51. The fraction of sp³-hybridized carbons (Fsp3) is 0.500. The molecule has 0 unspecified atom stereocenters. The predicted molar refractivity (Wildman–Crippen MR) is 85.4 cm³/mol. The van der Waals surface area contributed by atoms with Crippen molar-refractivity contribution in [2.24, 2.45) is 10.9 Å². The second-order valence-corrected chi connectivity index (χ2v) is 4.94. The number of hydrogen-bond acceptors (Lipinski definition) is 6. The van der Waals surface area contributed by atoms with Gasteiger partial charge in [0, 0.05) is 31.9 Å². The topological polar surface area (TPSA) is 100.0 Å². The van der Waals surface area contributed by atoms with Crippen LogP contribution in [0.2, 0.25) is 5.02 Å². The standard InChI is InChI=1S/C14H20ClN3O4/c1-21-8-3-2-4-13(17-22-9-7-16)11-5-6-14(18(19)20)12(15)10-11/h5-6,10H,2-4,7-9,16H2,1H3. The molecule has 0 amide bonds. The van der Waals surface area contributed by atoms with Crippen molar-refractivity contribution < 1.29 is 14.5 Å². The number of nitrogens with two attached hydrogens (primary N) is 1. The molecule has 1 rings (SSSR count). The summed E-state index contributed by atoms with van der Waals surface area (Å²) in [5.74, 6) is 0. The molecule has 1 aromatic carbocycles. The van der Waals surface area contributed by atoms with Crippen molar-refractivity contribution in [3.05, 3.63) is 38.9 Å². The smallest absolute Gasteiger partial charge is 0.287 e. The van der Waals surface area contributed by atoms with E-state index in [-0.39, 0.29) is 10.7 Å². The second-order valence-electron chi connectivity index (χ2n) is 4.53. The Hall–Kier alpha value is -1.70. The lowest BCUT2D eigenvalue weighted by atomic mass is 10.0. The van der Waals surface area contributed by atoms with Crippen molar-refractivity contribution in [2.45, 2.75) is 19.3 Å². The molecule has 8 heteroatoms. The van der Waals surface area contributed by atoms with Crippen molar-refractivity contribution in [3.63, 3.8) is 0 Å². The van der Waals surface area contributed by atoms with Crippen molar-refractivity contribution in [3.8, 4) is 0 Å². The fourth-order valence-electron chi connectivity index (χ4n) is 1.79. The van der Waals surface area contributed by atoms with Crippen molar-refractivity contribution in [1.29, 1.82) is 0 Å². The fourth-order valence-corrected chi connectivity index (χ4v) is 2.04. The number of halogens is 1. The van der Waals surface area contributed by atoms with Crippen LogP contribution >= 0.6 is 11.6 Å². The van der Waals surface area contributed by atoms with Crippen molar-refractivity contribution in [2.75, 3.05) is 26.9 Å². The number of unbranched alkanes of at least 4 members (excludes halogenated alkanes) is 1. The third-order valence-corrected chi connectivity index (χ3v) is 3.18. The van der Waals surface area contributed by atoms with E-state index in [4.69, 9.17) is 26.9 Å². The molecule has 0 aliphatic heterocycles. The Labute approximate surface area is 134 Å². The summed E-state index contributed by atoms with van der Waals surface area (Å²) in [6.07, 6.45) is 2.39. The third-order valence-electron chi connectivity index (χ3n) is 2.87. The van der Waals surface area contributed by atoms with Gasteiger partial charge in [0.15, 0.2) is 0 Å². The minimum atomic E-state index is -0.521. The maximum absolute atomic E-state index is 10.8. The van der Waals surface area contributed by atoms with E-state index >= 15 is 0 Å². The lowest BCUT2D eigenvalue weighted by Crippen LogP contribution is -2.09. The van der Waals surface area contributed by atoms with Crippen molar-refractivity contribution >= 4 is 23.0 Å². The van der Waals surface area contributed by atoms with Crippen LogP contribution in [-0.4, -0.2) is 37.5 Å². The Morgan fingerprint density at radius 2 is 2.18 bits per heavy atom. The second kappa shape index (κ2) is 10.1. The maximum Gasteiger partial charge on any atom is 0.287 e. The first-order valence-electron chi connectivity index (χ1n) is 6.92. The lowest BCUT2D eigenvalue weighted by Gasteiger charge is -2.08. The third kappa shape index (κ3) is 5.97. The van der Waals surface area contributed by atoms with Gasteiger partial charge >= 0.3 is 0 Å².